The molecule has 106 valence electrons. The molecule has 0 bridgehead atoms. The molecule has 1 aromatic rings. The Labute approximate surface area is 118 Å². The zero-order valence-corrected chi connectivity index (χ0v) is 12.7. The maximum Gasteiger partial charge on any atom is 0.0370 e. The highest BCUT2D eigenvalue weighted by Crippen LogP contribution is 2.36. The van der Waals surface area contributed by atoms with Gasteiger partial charge in [0.2, 0.25) is 0 Å². The van der Waals surface area contributed by atoms with Crippen LogP contribution in [-0.2, 0) is 6.42 Å². The Bertz CT molecular complexity index is 394. The van der Waals surface area contributed by atoms with Gasteiger partial charge in [0.25, 0.3) is 0 Å². The summed E-state index contributed by atoms with van der Waals surface area (Å²) in [4.78, 5) is 2.57. The van der Waals surface area contributed by atoms with Crippen LogP contribution >= 0.6 is 0 Å². The lowest BCUT2D eigenvalue weighted by molar-refractivity contribution is 0.264. The number of rotatable bonds is 4. The van der Waals surface area contributed by atoms with Crippen molar-refractivity contribution in [1.29, 1.82) is 0 Å². The third kappa shape index (κ3) is 3.30. The van der Waals surface area contributed by atoms with Gasteiger partial charge in [-0.3, -0.25) is 0 Å². The lowest BCUT2D eigenvalue weighted by Crippen LogP contribution is -2.50. The fourth-order valence-electron chi connectivity index (χ4n) is 3.41. The molecule has 1 saturated heterocycles. The topological polar surface area (TPSA) is 29.3 Å². The molecular weight excluding hydrogens is 232 g/mol. The standard InChI is InChI=1S/C17H28N2/c1-4-14-5-7-16(8-6-14)19-12-10-15(9-11-18)13-17(19,2)3/h5-8,15H,4,9-13,18H2,1-3H3. The number of aryl methyl sites for hydroxylation is 1. The average molecular weight is 260 g/mol. The van der Waals surface area contributed by atoms with Crippen molar-refractivity contribution in [3.8, 4) is 0 Å². The van der Waals surface area contributed by atoms with Crippen LogP contribution in [0.3, 0.4) is 0 Å². The maximum atomic E-state index is 5.71. The second kappa shape index (κ2) is 5.96. The van der Waals surface area contributed by atoms with Crippen LogP contribution < -0.4 is 10.6 Å². The number of piperidine rings is 1. The smallest absolute Gasteiger partial charge is 0.0370 e. The summed E-state index contributed by atoms with van der Waals surface area (Å²) in [6.07, 6.45) is 4.81. The van der Waals surface area contributed by atoms with Crippen molar-refractivity contribution in [2.45, 2.75) is 52.0 Å². The predicted molar refractivity (Wildman–Crippen MR) is 83.6 cm³/mol. The summed E-state index contributed by atoms with van der Waals surface area (Å²) >= 11 is 0. The van der Waals surface area contributed by atoms with Gasteiger partial charge in [0, 0.05) is 17.8 Å². The van der Waals surface area contributed by atoms with Gasteiger partial charge in [-0.15, -0.1) is 0 Å². The van der Waals surface area contributed by atoms with Crippen molar-refractivity contribution in [2.75, 3.05) is 18.0 Å². The number of anilines is 1. The lowest BCUT2D eigenvalue weighted by atomic mass is 9.80. The minimum Gasteiger partial charge on any atom is -0.366 e. The van der Waals surface area contributed by atoms with Crippen LogP contribution in [-0.4, -0.2) is 18.6 Å². The molecule has 1 fully saturated rings. The Balaban J connectivity index is 2.11. The summed E-state index contributed by atoms with van der Waals surface area (Å²) in [6, 6.07) is 9.09. The van der Waals surface area contributed by atoms with Crippen LogP contribution in [0.5, 0.6) is 0 Å². The van der Waals surface area contributed by atoms with E-state index in [0.29, 0.717) is 0 Å². The van der Waals surface area contributed by atoms with Gasteiger partial charge in [0.1, 0.15) is 0 Å². The first-order valence-corrected chi connectivity index (χ1v) is 7.63. The zero-order chi connectivity index (χ0) is 13.9. The summed E-state index contributed by atoms with van der Waals surface area (Å²) in [7, 11) is 0. The number of hydrogen-bond acceptors (Lipinski definition) is 2. The van der Waals surface area contributed by atoms with E-state index in [1.54, 1.807) is 0 Å². The van der Waals surface area contributed by atoms with Gasteiger partial charge in [-0.2, -0.15) is 0 Å². The van der Waals surface area contributed by atoms with Gasteiger partial charge >= 0.3 is 0 Å². The predicted octanol–water partition coefficient (Wildman–Crippen LogP) is 3.59. The van der Waals surface area contributed by atoms with Gasteiger partial charge in [-0.05, 0) is 69.7 Å². The number of benzene rings is 1. The first kappa shape index (κ1) is 14.4. The van der Waals surface area contributed by atoms with Crippen LogP contribution in [0.2, 0.25) is 0 Å². The van der Waals surface area contributed by atoms with E-state index < -0.39 is 0 Å². The van der Waals surface area contributed by atoms with Gasteiger partial charge in [-0.1, -0.05) is 19.1 Å². The second-order valence-electron chi connectivity index (χ2n) is 6.42. The van der Waals surface area contributed by atoms with Crippen molar-refractivity contribution in [2.24, 2.45) is 11.7 Å². The summed E-state index contributed by atoms with van der Waals surface area (Å²) in [5.74, 6) is 0.797. The van der Waals surface area contributed by atoms with Gasteiger partial charge in [-0.25, -0.2) is 0 Å². The van der Waals surface area contributed by atoms with Crippen molar-refractivity contribution in [3.05, 3.63) is 29.8 Å². The number of hydrogen-bond donors (Lipinski definition) is 1. The molecule has 2 nitrogen and oxygen atoms in total. The van der Waals surface area contributed by atoms with Gasteiger partial charge in [0.05, 0.1) is 0 Å². The highest BCUT2D eigenvalue weighted by molar-refractivity contribution is 5.50. The van der Waals surface area contributed by atoms with E-state index in [9.17, 15) is 0 Å². The molecule has 1 aliphatic rings. The molecular formula is C17H28N2. The van der Waals surface area contributed by atoms with E-state index in [0.717, 1.165) is 25.4 Å². The van der Waals surface area contributed by atoms with E-state index in [2.05, 4.69) is 49.9 Å². The highest BCUT2D eigenvalue weighted by Gasteiger charge is 2.34. The Kier molecular flexibility index (Phi) is 4.51. The van der Waals surface area contributed by atoms with Crippen LogP contribution in [0.1, 0.15) is 45.6 Å². The molecule has 1 unspecified atom stereocenters. The van der Waals surface area contributed by atoms with Crippen LogP contribution in [0.4, 0.5) is 5.69 Å². The van der Waals surface area contributed by atoms with E-state index in [4.69, 9.17) is 5.73 Å². The van der Waals surface area contributed by atoms with Gasteiger partial charge in [0.15, 0.2) is 0 Å². The van der Waals surface area contributed by atoms with Gasteiger partial charge < -0.3 is 10.6 Å². The van der Waals surface area contributed by atoms with E-state index in [1.807, 2.05) is 0 Å². The first-order valence-electron chi connectivity index (χ1n) is 7.63. The molecule has 19 heavy (non-hydrogen) atoms. The molecule has 0 saturated carbocycles. The van der Waals surface area contributed by atoms with E-state index in [-0.39, 0.29) is 5.54 Å². The van der Waals surface area contributed by atoms with Crippen molar-refractivity contribution in [1.82, 2.24) is 0 Å². The van der Waals surface area contributed by atoms with E-state index in [1.165, 1.54) is 30.5 Å². The third-order valence-corrected chi connectivity index (χ3v) is 4.51. The Morgan fingerprint density at radius 3 is 2.47 bits per heavy atom. The monoisotopic (exact) mass is 260 g/mol. The number of nitrogens with two attached hydrogens (primary N) is 1. The molecule has 1 atom stereocenters. The third-order valence-electron chi connectivity index (χ3n) is 4.51. The largest absolute Gasteiger partial charge is 0.366 e. The summed E-state index contributed by atoms with van der Waals surface area (Å²) in [5, 5.41) is 0. The minimum absolute atomic E-state index is 0.242. The van der Waals surface area contributed by atoms with Crippen LogP contribution in [0, 0.1) is 5.92 Å². The average Bonchev–Trinajstić information content (AvgIpc) is 2.38. The molecule has 0 amide bonds. The van der Waals surface area contributed by atoms with Crippen molar-refractivity contribution >= 4 is 5.69 Å². The molecule has 0 aromatic heterocycles. The molecule has 0 spiro atoms. The Morgan fingerprint density at radius 1 is 1.26 bits per heavy atom. The molecule has 2 heteroatoms. The Morgan fingerprint density at radius 2 is 1.95 bits per heavy atom. The van der Waals surface area contributed by atoms with Crippen molar-refractivity contribution in [3.63, 3.8) is 0 Å². The molecule has 1 heterocycles. The minimum atomic E-state index is 0.242. The molecule has 2 rings (SSSR count). The van der Waals surface area contributed by atoms with Crippen LogP contribution in [0.25, 0.3) is 0 Å². The lowest BCUT2D eigenvalue weighted by Gasteiger charge is -2.47. The summed E-state index contributed by atoms with van der Waals surface area (Å²) < 4.78 is 0. The zero-order valence-electron chi connectivity index (χ0n) is 12.7. The molecule has 1 aromatic carbocycles. The quantitative estimate of drug-likeness (QED) is 0.896. The molecule has 0 radical (unpaired) electrons. The van der Waals surface area contributed by atoms with Crippen molar-refractivity contribution < 1.29 is 0 Å². The SMILES string of the molecule is CCc1ccc(N2CCC(CCN)CC2(C)C)cc1. The second-order valence-corrected chi connectivity index (χ2v) is 6.42. The summed E-state index contributed by atoms with van der Waals surface area (Å²) in [6.45, 7) is 8.92. The number of nitrogens with zero attached hydrogens (tertiary/aromatic N) is 1. The fourth-order valence-corrected chi connectivity index (χ4v) is 3.41. The highest BCUT2D eigenvalue weighted by atomic mass is 15.2. The molecule has 1 aliphatic heterocycles. The fraction of sp³-hybridized carbons (Fsp3) is 0.647. The first-order chi connectivity index (χ1) is 9.06. The maximum absolute atomic E-state index is 5.71. The summed E-state index contributed by atoms with van der Waals surface area (Å²) in [5.41, 5.74) is 8.74. The van der Waals surface area contributed by atoms with E-state index >= 15 is 0 Å². The Hall–Kier alpha value is -1.02. The molecule has 0 aliphatic carbocycles. The normalized spacial score (nSPS) is 22.5. The van der Waals surface area contributed by atoms with Crippen LogP contribution in [0.15, 0.2) is 24.3 Å². The molecule has 2 N–H and O–H groups in total.